The molecule has 3 atom stereocenters. The normalized spacial score (nSPS) is 38.3. The van der Waals surface area contributed by atoms with Crippen LogP contribution in [0.2, 0.25) is 0 Å². The maximum absolute atomic E-state index is 9.95. The molecule has 3 aliphatic rings. The highest BCUT2D eigenvalue weighted by Crippen LogP contribution is 2.34. The molecular formula is C17H33N3O. The van der Waals surface area contributed by atoms with Crippen molar-refractivity contribution >= 4 is 0 Å². The van der Waals surface area contributed by atoms with E-state index in [1.54, 1.807) is 0 Å². The number of aliphatic hydroxyl groups is 1. The lowest BCUT2D eigenvalue weighted by atomic mass is 9.78. The van der Waals surface area contributed by atoms with Crippen LogP contribution < -0.4 is 5.32 Å². The van der Waals surface area contributed by atoms with Gasteiger partial charge in [-0.05, 0) is 71.5 Å². The second-order valence-electron chi connectivity index (χ2n) is 7.96. The Morgan fingerprint density at radius 1 is 1.29 bits per heavy atom. The average molecular weight is 295 g/mol. The van der Waals surface area contributed by atoms with Crippen molar-refractivity contribution in [3.05, 3.63) is 0 Å². The molecule has 0 amide bonds. The molecule has 2 N–H and O–H groups in total. The SMILES string of the molecule is CN1CCC(CN(C)C2CCCC(CO)(NC3CC3)C2)C1. The Morgan fingerprint density at radius 3 is 2.71 bits per heavy atom. The molecule has 0 aromatic carbocycles. The summed E-state index contributed by atoms with van der Waals surface area (Å²) in [6, 6.07) is 1.33. The lowest BCUT2D eigenvalue weighted by Crippen LogP contribution is -2.56. The first kappa shape index (κ1) is 15.7. The molecule has 0 spiro atoms. The predicted molar refractivity (Wildman–Crippen MR) is 86.5 cm³/mol. The molecular weight excluding hydrogens is 262 g/mol. The largest absolute Gasteiger partial charge is 0.394 e. The van der Waals surface area contributed by atoms with Crippen molar-refractivity contribution in [1.82, 2.24) is 15.1 Å². The average Bonchev–Trinajstić information content (AvgIpc) is 3.19. The molecule has 2 aliphatic carbocycles. The predicted octanol–water partition coefficient (Wildman–Crippen LogP) is 1.30. The maximum atomic E-state index is 9.95. The lowest BCUT2D eigenvalue weighted by molar-refractivity contribution is 0.0629. The minimum atomic E-state index is 0.00477. The minimum Gasteiger partial charge on any atom is -0.394 e. The number of hydrogen-bond donors (Lipinski definition) is 2. The molecule has 4 heteroatoms. The van der Waals surface area contributed by atoms with E-state index < -0.39 is 0 Å². The highest BCUT2D eigenvalue weighted by atomic mass is 16.3. The summed E-state index contributed by atoms with van der Waals surface area (Å²) < 4.78 is 0. The number of rotatable bonds is 6. The van der Waals surface area contributed by atoms with E-state index in [1.165, 1.54) is 51.7 Å². The standard InChI is InChI=1S/C17H33N3O/c1-19-9-7-14(11-19)12-20(2)16-4-3-8-17(10-16,13-21)18-15-5-6-15/h14-16,18,21H,3-13H2,1-2H3. The smallest absolute Gasteiger partial charge is 0.0613 e. The quantitative estimate of drug-likeness (QED) is 0.775. The van der Waals surface area contributed by atoms with Crippen molar-refractivity contribution in [1.29, 1.82) is 0 Å². The highest BCUT2D eigenvalue weighted by Gasteiger charge is 2.41. The van der Waals surface area contributed by atoms with Crippen LogP contribution in [0.1, 0.15) is 44.9 Å². The third kappa shape index (κ3) is 3.98. The molecule has 0 aromatic heterocycles. The zero-order chi connectivity index (χ0) is 14.9. The third-order valence-corrected chi connectivity index (χ3v) is 5.87. The molecule has 4 nitrogen and oxygen atoms in total. The second-order valence-corrected chi connectivity index (χ2v) is 7.96. The Morgan fingerprint density at radius 2 is 2.10 bits per heavy atom. The van der Waals surface area contributed by atoms with Crippen LogP contribution in [0.5, 0.6) is 0 Å². The van der Waals surface area contributed by atoms with Gasteiger partial charge in [-0.15, -0.1) is 0 Å². The van der Waals surface area contributed by atoms with Crippen LogP contribution in [0.25, 0.3) is 0 Å². The second kappa shape index (κ2) is 6.53. The molecule has 1 aliphatic heterocycles. The number of likely N-dealkylation sites (tertiary alicyclic amines) is 1. The molecule has 1 saturated heterocycles. The van der Waals surface area contributed by atoms with E-state index in [9.17, 15) is 5.11 Å². The topological polar surface area (TPSA) is 38.7 Å². The molecule has 21 heavy (non-hydrogen) atoms. The van der Waals surface area contributed by atoms with Crippen molar-refractivity contribution in [3.63, 3.8) is 0 Å². The molecule has 122 valence electrons. The van der Waals surface area contributed by atoms with Gasteiger partial charge in [-0.2, -0.15) is 0 Å². The number of hydrogen-bond acceptors (Lipinski definition) is 4. The number of nitrogens with one attached hydrogen (secondary N) is 1. The Hall–Kier alpha value is -0.160. The summed E-state index contributed by atoms with van der Waals surface area (Å²) in [7, 11) is 4.53. The van der Waals surface area contributed by atoms with Crippen LogP contribution in [0.15, 0.2) is 0 Å². The zero-order valence-electron chi connectivity index (χ0n) is 13.9. The summed E-state index contributed by atoms with van der Waals surface area (Å²) in [6.07, 6.45) is 8.77. The van der Waals surface area contributed by atoms with Gasteiger partial charge >= 0.3 is 0 Å². The maximum Gasteiger partial charge on any atom is 0.0613 e. The van der Waals surface area contributed by atoms with Gasteiger partial charge in [0.1, 0.15) is 0 Å². The first-order chi connectivity index (χ1) is 10.1. The van der Waals surface area contributed by atoms with E-state index in [4.69, 9.17) is 0 Å². The molecule has 3 fully saturated rings. The molecule has 3 unspecified atom stereocenters. The van der Waals surface area contributed by atoms with Gasteiger partial charge in [0.15, 0.2) is 0 Å². The molecule has 0 bridgehead atoms. The van der Waals surface area contributed by atoms with Crippen LogP contribution in [-0.4, -0.2) is 72.9 Å². The van der Waals surface area contributed by atoms with Crippen molar-refractivity contribution in [2.24, 2.45) is 5.92 Å². The fourth-order valence-electron chi connectivity index (χ4n) is 4.42. The Balaban J connectivity index is 1.54. The van der Waals surface area contributed by atoms with Crippen molar-refractivity contribution < 1.29 is 5.11 Å². The summed E-state index contributed by atoms with van der Waals surface area (Å²) >= 11 is 0. The van der Waals surface area contributed by atoms with Gasteiger partial charge in [0.05, 0.1) is 6.61 Å². The van der Waals surface area contributed by atoms with Crippen LogP contribution >= 0.6 is 0 Å². The molecule has 0 radical (unpaired) electrons. The van der Waals surface area contributed by atoms with Gasteiger partial charge < -0.3 is 20.2 Å². The molecule has 2 saturated carbocycles. The van der Waals surface area contributed by atoms with E-state index >= 15 is 0 Å². The van der Waals surface area contributed by atoms with Crippen LogP contribution in [0.4, 0.5) is 0 Å². The van der Waals surface area contributed by atoms with Crippen molar-refractivity contribution in [2.45, 2.75) is 62.6 Å². The fraction of sp³-hybridized carbons (Fsp3) is 1.00. The fourth-order valence-corrected chi connectivity index (χ4v) is 4.42. The minimum absolute atomic E-state index is 0.00477. The third-order valence-electron chi connectivity index (χ3n) is 5.87. The van der Waals surface area contributed by atoms with Gasteiger partial charge in [0.2, 0.25) is 0 Å². The number of nitrogens with zero attached hydrogens (tertiary/aromatic N) is 2. The van der Waals surface area contributed by atoms with Crippen molar-refractivity contribution in [3.8, 4) is 0 Å². The lowest BCUT2D eigenvalue weighted by Gasteiger charge is -2.44. The van der Waals surface area contributed by atoms with Crippen LogP contribution in [0.3, 0.4) is 0 Å². The molecule has 0 aromatic rings. The van der Waals surface area contributed by atoms with E-state index in [0.717, 1.165) is 18.8 Å². The molecule has 3 rings (SSSR count). The van der Waals surface area contributed by atoms with Crippen LogP contribution in [-0.2, 0) is 0 Å². The van der Waals surface area contributed by atoms with Crippen molar-refractivity contribution in [2.75, 3.05) is 40.3 Å². The van der Waals surface area contributed by atoms with Gasteiger partial charge in [-0.3, -0.25) is 0 Å². The number of aliphatic hydroxyl groups excluding tert-OH is 1. The van der Waals surface area contributed by atoms with Crippen LogP contribution in [0, 0.1) is 5.92 Å². The Kier molecular flexibility index (Phi) is 4.89. The summed E-state index contributed by atoms with van der Waals surface area (Å²) in [6.45, 7) is 4.04. The van der Waals surface area contributed by atoms with Gasteiger partial charge in [-0.25, -0.2) is 0 Å². The Labute approximate surface area is 129 Å². The van der Waals surface area contributed by atoms with E-state index in [0.29, 0.717) is 18.7 Å². The van der Waals surface area contributed by atoms with Gasteiger partial charge in [0, 0.05) is 30.7 Å². The first-order valence-corrected chi connectivity index (χ1v) is 8.87. The van der Waals surface area contributed by atoms with Gasteiger partial charge in [-0.1, -0.05) is 0 Å². The first-order valence-electron chi connectivity index (χ1n) is 8.87. The summed E-state index contributed by atoms with van der Waals surface area (Å²) in [5.41, 5.74) is 0.00477. The monoisotopic (exact) mass is 295 g/mol. The zero-order valence-corrected chi connectivity index (χ0v) is 13.9. The van der Waals surface area contributed by atoms with Gasteiger partial charge in [0.25, 0.3) is 0 Å². The molecule has 1 heterocycles. The van der Waals surface area contributed by atoms with E-state index in [-0.39, 0.29) is 5.54 Å². The summed E-state index contributed by atoms with van der Waals surface area (Å²) in [5, 5.41) is 13.7. The Bertz CT molecular complexity index is 347. The van der Waals surface area contributed by atoms with E-state index in [1.807, 2.05) is 0 Å². The highest BCUT2D eigenvalue weighted by molar-refractivity contribution is 5.00. The summed E-state index contributed by atoms with van der Waals surface area (Å²) in [5.74, 6) is 0.835. The summed E-state index contributed by atoms with van der Waals surface area (Å²) in [4.78, 5) is 5.04. The van der Waals surface area contributed by atoms with E-state index in [2.05, 4.69) is 29.2 Å².